The third-order valence-corrected chi connectivity index (χ3v) is 4.09. The molecule has 1 aromatic rings. The number of Topliss-reactive ketones (excluding diaryl/α,β-unsaturated/α-hetero) is 1. The summed E-state index contributed by atoms with van der Waals surface area (Å²) >= 11 is 4.99. The van der Waals surface area contributed by atoms with Crippen molar-refractivity contribution >= 4 is 45.4 Å². The van der Waals surface area contributed by atoms with E-state index >= 15 is 0 Å². The molecule has 1 aromatic carbocycles. The first-order valence-corrected chi connectivity index (χ1v) is 8.55. The maximum Gasteiger partial charge on any atom is 0.306 e. The molecule has 22 heavy (non-hydrogen) atoms. The number of carbonyl (C=O) groups is 3. The predicted molar refractivity (Wildman–Crippen MR) is 88.7 cm³/mol. The van der Waals surface area contributed by atoms with Gasteiger partial charge in [-0.1, -0.05) is 15.9 Å². The lowest BCUT2D eigenvalue weighted by Gasteiger charge is -2.06. The summed E-state index contributed by atoms with van der Waals surface area (Å²) in [7, 11) is 0. The molecule has 0 aromatic heterocycles. The van der Waals surface area contributed by atoms with Gasteiger partial charge in [0.2, 0.25) is 0 Å². The quantitative estimate of drug-likeness (QED) is 0.400. The monoisotopic (exact) mass is 387 g/mol. The normalized spacial score (nSPS) is 10.1. The third-order valence-electron chi connectivity index (χ3n) is 2.55. The number of ether oxygens (including phenoxy) is 1. The van der Waals surface area contributed by atoms with Crippen molar-refractivity contribution in [3.05, 3.63) is 28.7 Å². The van der Waals surface area contributed by atoms with Crippen molar-refractivity contribution in [2.45, 2.75) is 24.7 Å². The van der Waals surface area contributed by atoms with Gasteiger partial charge in [0, 0.05) is 28.1 Å². The molecule has 0 atom stereocenters. The molecule has 0 radical (unpaired) electrons. The Balaban J connectivity index is 2.09. The van der Waals surface area contributed by atoms with Crippen LogP contribution in [0.2, 0.25) is 0 Å². The number of ketones is 1. The van der Waals surface area contributed by atoms with Crippen LogP contribution >= 0.6 is 27.7 Å². The van der Waals surface area contributed by atoms with Gasteiger partial charge >= 0.3 is 5.97 Å². The van der Waals surface area contributed by atoms with E-state index < -0.39 is 5.97 Å². The highest BCUT2D eigenvalue weighted by Gasteiger charge is 2.08. The zero-order valence-corrected chi connectivity index (χ0v) is 14.7. The summed E-state index contributed by atoms with van der Waals surface area (Å²) in [6.07, 6.45) is 0.159. The van der Waals surface area contributed by atoms with Crippen molar-refractivity contribution in [2.75, 3.05) is 18.9 Å². The Kier molecular flexibility index (Phi) is 8.84. The SMILES string of the molecule is CC(=O)CCC(=O)OCC(=O)NCCSc1ccc(Br)cc1. The molecule has 1 rings (SSSR count). The molecule has 1 N–H and O–H groups in total. The van der Waals surface area contributed by atoms with E-state index in [1.54, 1.807) is 11.8 Å². The summed E-state index contributed by atoms with van der Waals surface area (Å²) in [5.74, 6) is -0.223. The Morgan fingerprint density at radius 3 is 2.50 bits per heavy atom. The molecule has 0 spiro atoms. The smallest absolute Gasteiger partial charge is 0.306 e. The van der Waals surface area contributed by atoms with Crippen LogP contribution in [0.15, 0.2) is 33.6 Å². The molecule has 0 aliphatic carbocycles. The first-order chi connectivity index (χ1) is 10.5. The van der Waals surface area contributed by atoms with Crippen molar-refractivity contribution in [2.24, 2.45) is 0 Å². The molecule has 0 bridgehead atoms. The lowest BCUT2D eigenvalue weighted by Crippen LogP contribution is -2.30. The standard InChI is InChI=1S/C15H18BrNO4S/c1-11(18)2-7-15(20)21-10-14(19)17-8-9-22-13-5-3-12(16)4-6-13/h3-6H,2,7-10H2,1H3,(H,17,19). The van der Waals surface area contributed by atoms with E-state index in [1.165, 1.54) is 6.92 Å². The minimum Gasteiger partial charge on any atom is -0.456 e. The average molecular weight is 388 g/mol. The Morgan fingerprint density at radius 2 is 1.86 bits per heavy atom. The minimum absolute atomic E-state index is 0.0159. The topological polar surface area (TPSA) is 72.5 Å². The highest BCUT2D eigenvalue weighted by atomic mass is 79.9. The molecule has 0 aliphatic heterocycles. The fraction of sp³-hybridized carbons (Fsp3) is 0.400. The van der Waals surface area contributed by atoms with E-state index in [9.17, 15) is 14.4 Å². The highest BCUT2D eigenvalue weighted by Crippen LogP contribution is 2.19. The number of thioether (sulfide) groups is 1. The summed E-state index contributed by atoms with van der Waals surface area (Å²) in [6, 6.07) is 7.91. The number of amides is 1. The van der Waals surface area contributed by atoms with Crippen molar-refractivity contribution in [1.29, 1.82) is 0 Å². The number of benzene rings is 1. The molecular weight excluding hydrogens is 370 g/mol. The summed E-state index contributed by atoms with van der Waals surface area (Å²) < 4.78 is 5.79. The van der Waals surface area contributed by atoms with Crippen molar-refractivity contribution in [1.82, 2.24) is 5.32 Å². The molecule has 7 heteroatoms. The van der Waals surface area contributed by atoms with E-state index in [4.69, 9.17) is 4.74 Å². The third kappa shape index (κ3) is 8.84. The molecular formula is C15H18BrNO4S. The predicted octanol–water partition coefficient (Wildman–Crippen LogP) is 2.57. The van der Waals surface area contributed by atoms with E-state index in [0.29, 0.717) is 6.54 Å². The van der Waals surface area contributed by atoms with Crippen LogP contribution in [0.3, 0.4) is 0 Å². The van der Waals surface area contributed by atoms with Crippen LogP contribution in [0, 0.1) is 0 Å². The molecule has 0 saturated heterocycles. The molecule has 120 valence electrons. The van der Waals surface area contributed by atoms with Crippen LogP contribution in [0.1, 0.15) is 19.8 Å². The van der Waals surface area contributed by atoms with Gasteiger partial charge < -0.3 is 14.8 Å². The van der Waals surface area contributed by atoms with E-state index in [0.717, 1.165) is 15.1 Å². The van der Waals surface area contributed by atoms with Gasteiger partial charge in [-0.05, 0) is 31.2 Å². The Hall–Kier alpha value is -1.34. The largest absolute Gasteiger partial charge is 0.456 e. The summed E-state index contributed by atoms with van der Waals surface area (Å²) in [5.41, 5.74) is 0. The average Bonchev–Trinajstić information content (AvgIpc) is 2.49. The van der Waals surface area contributed by atoms with E-state index in [2.05, 4.69) is 21.2 Å². The van der Waals surface area contributed by atoms with Crippen LogP contribution in [-0.2, 0) is 19.1 Å². The molecule has 0 heterocycles. The Morgan fingerprint density at radius 1 is 1.18 bits per heavy atom. The first kappa shape index (κ1) is 18.7. The van der Waals surface area contributed by atoms with E-state index in [1.807, 2.05) is 24.3 Å². The number of hydrogen-bond acceptors (Lipinski definition) is 5. The van der Waals surface area contributed by atoms with Gasteiger partial charge in [0.25, 0.3) is 5.91 Å². The van der Waals surface area contributed by atoms with Gasteiger partial charge in [0.05, 0.1) is 6.42 Å². The molecule has 5 nitrogen and oxygen atoms in total. The number of esters is 1. The second kappa shape index (κ2) is 10.4. The maximum absolute atomic E-state index is 11.5. The fourth-order valence-corrected chi connectivity index (χ4v) is 2.47. The van der Waals surface area contributed by atoms with Gasteiger partial charge in [0.1, 0.15) is 5.78 Å². The molecule has 0 saturated carbocycles. The summed E-state index contributed by atoms with van der Waals surface area (Å²) in [6.45, 7) is 1.59. The van der Waals surface area contributed by atoms with Gasteiger partial charge in [-0.25, -0.2) is 0 Å². The van der Waals surface area contributed by atoms with E-state index in [-0.39, 0.29) is 31.1 Å². The first-order valence-electron chi connectivity index (χ1n) is 6.77. The number of halogens is 1. The fourth-order valence-electron chi connectivity index (χ4n) is 1.44. The summed E-state index contributed by atoms with van der Waals surface area (Å²) in [5, 5.41) is 2.67. The Labute approximate surface area is 142 Å². The van der Waals surface area contributed by atoms with Gasteiger partial charge in [-0.3, -0.25) is 9.59 Å². The van der Waals surface area contributed by atoms with Crippen molar-refractivity contribution in [3.8, 4) is 0 Å². The summed E-state index contributed by atoms with van der Waals surface area (Å²) in [4.78, 5) is 34.5. The lowest BCUT2D eigenvalue weighted by atomic mass is 10.2. The minimum atomic E-state index is -0.533. The number of nitrogens with one attached hydrogen (secondary N) is 1. The molecule has 0 unspecified atom stereocenters. The van der Waals surface area contributed by atoms with Crippen molar-refractivity contribution < 1.29 is 19.1 Å². The van der Waals surface area contributed by atoms with Crippen LogP contribution in [0.25, 0.3) is 0 Å². The zero-order chi connectivity index (χ0) is 16.4. The second-order valence-electron chi connectivity index (χ2n) is 4.52. The van der Waals surface area contributed by atoms with Crippen molar-refractivity contribution in [3.63, 3.8) is 0 Å². The van der Waals surface area contributed by atoms with Gasteiger partial charge in [-0.2, -0.15) is 0 Å². The maximum atomic E-state index is 11.5. The molecule has 0 fully saturated rings. The van der Waals surface area contributed by atoms with Gasteiger partial charge in [0.15, 0.2) is 6.61 Å². The molecule has 1 amide bonds. The van der Waals surface area contributed by atoms with Crippen LogP contribution in [-0.4, -0.2) is 36.6 Å². The van der Waals surface area contributed by atoms with Gasteiger partial charge in [-0.15, -0.1) is 11.8 Å². The number of carbonyl (C=O) groups excluding carboxylic acids is 3. The lowest BCUT2D eigenvalue weighted by molar-refractivity contribution is -0.149. The molecule has 0 aliphatic rings. The number of hydrogen-bond donors (Lipinski definition) is 1. The number of rotatable bonds is 9. The Bertz CT molecular complexity index is 519. The highest BCUT2D eigenvalue weighted by molar-refractivity contribution is 9.10. The van der Waals surface area contributed by atoms with Crippen LogP contribution in [0.5, 0.6) is 0 Å². The zero-order valence-electron chi connectivity index (χ0n) is 12.3. The second-order valence-corrected chi connectivity index (χ2v) is 6.60. The van der Waals surface area contributed by atoms with Crippen LogP contribution < -0.4 is 5.32 Å². The van der Waals surface area contributed by atoms with Crippen LogP contribution in [0.4, 0.5) is 0 Å².